The van der Waals surface area contributed by atoms with Crippen LogP contribution in [0, 0.1) is 15.9 Å². The third-order valence-corrected chi connectivity index (χ3v) is 5.27. The van der Waals surface area contributed by atoms with Crippen molar-refractivity contribution in [2.45, 2.75) is 12.6 Å². The van der Waals surface area contributed by atoms with Crippen molar-refractivity contribution in [1.29, 1.82) is 0 Å². The lowest BCUT2D eigenvalue weighted by atomic mass is 9.95. The van der Waals surface area contributed by atoms with Gasteiger partial charge in [-0.05, 0) is 47.5 Å². The van der Waals surface area contributed by atoms with Gasteiger partial charge in [0.05, 0.1) is 16.5 Å². The van der Waals surface area contributed by atoms with Crippen molar-refractivity contribution in [2.75, 3.05) is 0 Å². The average Bonchev–Trinajstić information content (AvgIpc) is 3.05. The summed E-state index contributed by atoms with van der Waals surface area (Å²) in [6, 6.07) is 18.4. The van der Waals surface area contributed by atoms with Gasteiger partial charge < -0.3 is 10.0 Å². The minimum Gasteiger partial charge on any atom is -0.507 e. The first kappa shape index (κ1) is 20.9. The SMILES string of the molecule is O=C1C(=O)N(Cc2ccccc2)C(c2ccc([N+](=O)[O-])cc2)/C1=C(\O)c1ccc(F)cc1. The molecule has 7 nitrogen and oxygen atoms in total. The molecule has 1 fully saturated rings. The maximum Gasteiger partial charge on any atom is 0.295 e. The van der Waals surface area contributed by atoms with Crippen LogP contribution in [-0.2, 0) is 16.1 Å². The zero-order valence-corrected chi connectivity index (χ0v) is 16.6. The van der Waals surface area contributed by atoms with Gasteiger partial charge in [0, 0.05) is 24.2 Å². The summed E-state index contributed by atoms with van der Waals surface area (Å²) < 4.78 is 13.3. The van der Waals surface area contributed by atoms with Gasteiger partial charge in [-0.3, -0.25) is 19.7 Å². The molecule has 0 aliphatic carbocycles. The number of hydrogen-bond donors (Lipinski definition) is 1. The summed E-state index contributed by atoms with van der Waals surface area (Å²) in [7, 11) is 0. The minimum atomic E-state index is -0.971. The van der Waals surface area contributed by atoms with Crippen LogP contribution in [0.25, 0.3) is 5.76 Å². The Kier molecular flexibility index (Phi) is 5.51. The Morgan fingerprint density at radius 2 is 1.59 bits per heavy atom. The lowest BCUT2D eigenvalue weighted by Crippen LogP contribution is -2.29. The number of halogens is 1. The van der Waals surface area contributed by atoms with E-state index in [1.807, 2.05) is 6.07 Å². The monoisotopic (exact) mass is 432 g/mol. The third kappa shape index (κ3) is 3.85. The molecule has 0 spiro atoms. The highest BCUT2D eigenvalue weighted by atomic mass is 19.1. The van der Waals surface area contributed by atoms with E-state index in [-0.39, 0.29) is 23.4 Å². The molecule has 4 rings (SSSR count). The fraction of sp³-hybridized carbons (Fsp3) is 0.0833. The predicted octanol–water partition coefficient (Wildman–Crippen LogP) is 4.36. The number of nitro benzene ring substituents is 1. The summed E-state index contributed by atoms with van der Waals surface area (Å²) in [4.78, 5) is 37.7. The molecule has 8 heteroatoms. The largest absolute Gasteiger partial charge is 0.507 e. The van der Waals surface area contributed by atoms with Crippen LogP contribution in [0.2, 0.25) is 0 Å². The van der Waals surface area contributed by atoms with Crippen molar-refractivity contribution in [1.82, 2.24) is 4.90 Å². The third-order valence-electron chi connectivity index (χ3n) is 5.27. The van der Waals surface area contributed by atoms with Gasteiger partial charge in [-0.15, -0.1) is 0 Å². The van der Waals surface area contributed by atoms with Crippen LogP contribution >= 0.6 is 0 Å². The van der Waals surface area contributed by atoms with Gasteiger partial charge in [0.15, 0.2) is 0 Å². The molecular formula is C24H17FN2O5. The van der Waals surface area contributed by atoms with Crippen molar-refractivity contribution in [3.63, 3.8) is 0 Å². The molecule has 1 saturated heterocycles. The molecule has 1 aliphatic rings. The lowest BCUT2D eigenvalue weighted by Gasteiger charge is -2.25. The number of likely N-dealkylation sites (tertiary alicyclic amines) is 1. The molecule has 0 radical (unpaired) electrons. The Labute approximate surface area is 182 Å². The zero-order chi connectivity index (χ0) is 22.8. The summed E-state index contributed by atoms with van der Waals surface area (Å²) in [6.07, 6.45) is 0. The first-order valence-electron chi connectivity index (χ1n) is 9.69. The molecular weight excluding hydrogens is 415 g/mol. The second-order valence-electron chi connectivity index (χ2n) is 7.27. The van der Waals surface area contributed by atoms with E-state index >= 15 is 0 Å². The molecule has 3 aromatic carbocycles. The summed E-state index contributed by atoms with van der Waals surface area (Å²) in [6.45, 7) is 0.0905. The molecule has 0 saturated carbocycles. The maximum absolute atomic E-state index is 13.3. The van der Waals surface area contributed by atoms with Gasteiger partial charge in [0.1, 0.15) is 11.6 Å². The molecule has 32 heavy (non-hydrogen) atoms. The molecule has 0 aromatic heterocycles. The van der Waals surface area contributed by atoms with Gasteiger partial charge in [-0.2, -0.15) is 0 Å². The van der Waals surface area contributed by atoms with E-state index in [4.69, 9.17) is 0 Å². The summed E-state index contributed by atoms with van der Waals surface area (Å²) in [5, 5.41) is 21.9. The van der Waals surface area contributed by atoms with E-state index in [1.54, 1.807) is 24.3 Å². The van der Waals surface area contributed by atoms with Crippen LogP contribution < -0.4 is 0 Å². The molecule has 1 heterocycles. The van der Waals surface area contributed by atoms with Crippen LogP contribution in [0.1, 0.15) is 22.7 Å². The number of rotatable bonds is 5. The quantitative estimate of drug-likeness (QED) is 0.212. The first-order valence-corrected chi connectivity index (χ1v) is 9.69. The number of aliphatic hydroxyl groups is 1. The van der Waals surface area contributed by atoms with Crippen molar-refractivity contribution >= 4 is 23.1 Å². The fourth-order valence-electron chi connectivity index (χ4n) is 3.71. The summed E-state index contributed by atoms with van der Waals surface area (Å²) in [5.41, 5.74) is 1.06. The molecule has 160 valence electrons. The number of amides is 1. The lowest BCUT2D eigenvalue weighted by molar-refractivity contribution is -0.384. The Hall–Kier alpha value is -4.33. The number of carbonyl (C=O) groups is 2. The van der Waals surface area contributed by atoms with Crippen LogP contribution in [-0.4, -0.2) is 26.6 Å². The van der Waals surface area contributed by atoms with E-state index < -0.39 is 34.2 Å². The van der Waals surface area contributed by atoms with Crippen molar-refractivity contribution in [3.05, 3.63) is 117 Å². The van der Waals surface area contributed by atoms with Gasteiger partial charge in [-0.25, -0.2) is 4.39 Å². The Morgan fingerprint density at radius 3 is 2.19 bits per heavy atom. The highest BCUT2D eigenvalue weighted by molar-refractivity contribution is 6.46. The highest BCUT2D eigenvalue weighted by Crippen LogP contribution is 2.40. The van der Waals surface area contributed by atoms with Crippen molar-refractivity contribution in [2.24, 2.45) is 0 Å². The number of non-ortho nitro benzene ring substituents is 1. The Bertz CT molecular complexity index is 1220. The Morgan fingerprint density at radius 1 is 0.969 bits per heavy atom. The summed E-state index contributed by atoms with van der Waals surface area (Å²) in [5.74, 6) is -2.65. The summed E-state index contributed by atoms with van der Waals surface area (Å²) >= 11 is 0. The number of ketones is 1. The molecule has 1 unspecified atom stereocenters. The second kappa shape index (κ2) is 8.43. The number of aliphatic hydroxyl groups excluding tert-OH is 1. The highest BCUT2D eigenvalue weighted by Gasteiger charge is 2.46. The fourth-order valence-corrected chi connectivity index (χ4v) is 3.71. The van der Waals surface area contributed by atoms with E-state index in [2.05, 4.69) is 0 Å². The molecule has 3 aromatic rings. The van der Waals surface area contributed by atoms with Crippen LogP contribution in [0.15, 0.2) is 84.4 Å². The standard InChI is InChI=1S/C24H17FN2O5/c25-18-10-6-17(7-11-18)22(28)20-21(16-8-12-19(13-9-16)27(31)32)26(24(30)23(20)29)14-15-4-2-1-3-5-15/h1-13,21,28H,14H2/b22-20+. The number of nitrogens with zero attached hydrogens (tertiary/aromatic N) is 2. The molecule has 1 amide bonds. The van der Waals surface area contributed by atoms with Crippen molar-refractivity contribution in [3.8, 4) is 0 Å². The van der Waals surface area contributed by atoms with E-state index in [0.717, 1.165) is 17.7 Å². The van der Waals surface area contributed by atoms with Gasteiger partial charge >= 0.3 is 0 Å². The number of nitro groups is 1. The van der Waals surface area contributed by atoms with E-state index in [1.165, 1.54) is 41.3 Å². The molecule has 0 bridgehead atoms. The van der Waals surface area contributed by atoms with Gasteiger partial charge in [0.2, 0.25) is 0 Å². The molecule has 1 N–H and O–H groups in total. The average molecular weight is 432 g/mol. The number of hydrogen-bond acceptors (Lipinski definition) is 5. The van der Waals surface area contributed by atoms with Gasteiger partial charge in [-0.1, -0.05) is 30.3 Å². The molecule has 1 aliphatic heterocycles. The van der Waals surface area contributed by atoms with Crippen LogP contribution in [0.3, 0.4) is 0 Å². The first-order chi connectivity index (χ1) is 15.4. The van der Waals surface area contributed by atoms with Crippen molar-refractivity contribution < 1.29 is 24.0 Å². The zero-order valence-electron chi connectivity index (χ0n) is 16.6. The minimum absolute atomic E-state index is 0.0905. The van der Waals surface area contributed by atoms with E-state index in [0.29, 0.717) is 5.56 Å². The molecule has 1 atom stereocenters. The normalized spacial score (nSPS) is 17.5. The number of Topliss-reactive ketones (excluding diaryl/α,β-unsaturated/α-hetero) is 1. The predicted molar refractivity (Wildman–Crippen MR) is 114 cm³/mol. The second-order valence-corrected chi connectivity index (χ2v) is 7.27. The van der Waals surface area contributed by atoms with Crippen LogP contribution in [0.4, 0.5) is 10.1 Å². The smallest absolute Gasteiger partial charge is 0.295 e. The topological polar surface area (TPSA) is 101 Å². The number of benzene rings is 3. The Balaban J connectivity index is 1.85. The maximum atomic E-state index is 13.3. The van der Waals surface area contributed by atoms with Crippen LogP contribution in [0.5, 0.6) is 0 Å². The van der Waals surface area contributed by atoms with E-state index in [9.17, 15) is 29.2 Å². The number of carbonyl (C=O) groups excluding carboxylic acids is 2. The van der Waals surface area contributed by atoms with Gasteiger partial charge in [0.25, 0.3) is 17.4 Å².